The van der Waals surface area contributed by atoms with Crippen molar-refractivity contribution in [1.82, 2.24) is 20.0 Å². The van der Waals surface area contributed by atoms with Gasteiger partial charge in [0.25, 0.3) is 11.5 Å². The zero-order valence-corrected chi connectivity index (χ0v) is 20.8. The Morgan fingerprint density at radius 1 is 1.09 bits per heavy atom. The average Bonchev–Trinajstić information content (AvgIpc) is 3.45. The number of fused-ring (bicyclic) bond motifs is 1. The molecule has 0 aliphatic carbocycles. The van der Waals surface area contributed by atoms with E-state index in [9.17, 15) is 14.4 Å². The number of H-pyrrole nitrogens is 1. The number of hydrogen-bond donors (Lipinski definition) is 3. The number of nitrogens with one attached hydrogen (secondary N) is 3. The molecule has 1 amide bonds. The van der Waals surface area contributed by atoms with E-state index < -0.39 is 11.2 Å². The van der Waals surface area contributed by atoms with Gasteiger partial charge in [-0.1, -0.05) is 71.4 Å². The van der Waals surface area contributed by atoms with Crippen LogP contribution < -0.4 is 26.9 Å². The number of nitrogens with zero attached hydrogens (tertiary/aromatic N) is 3. The number of rotatable bonds is 5. The van der Waals surface area contributed by atoms with Crippen molar-refractivity contribution in [3.8, 4) is 0 Å². The Kier molecular flexibility index (Phi) is 6.26. The molecule has 0 bridgehead atoms. The molecule has 3 aromatic rings. The number of hydrazine groups is 1. The van der Waals surface area contributed by atoms with Crippen LogP contribution in [0.3, 0.4) is 0 Å². The second-order valence-electron chi connectivity index (χ2n) is 7.96. The summed E-state index contributed by atoms with van der Waals surface area (Å²) in [7, 11) is 1.55. The van der Waals surface area contributed by atoms with Crippen molar-refractivity contribution < 1.29 is 4.79 Å². The molecular weight excluding hydrogens is 511 g/mol. The maximum atomic E-state index is 13.1. The largest absolute Gasteiger partial charge is 0.352 e. The molecule has 0 spiro atoms. The fourth-order valence-electron chi connectivity index (χ4n) is 4.06. The molecule has 3 heterocycles. The SMILES string of the molecule is Cn1c2c(c(=O)[nH]c1=O)N(CC(=O)NN1CSC(c3ccccc3)=C1c1ccc(Cl)c(Cl)c1)CN2. The Morgan fingerprint density at radius 3 is 2.60 bits per heavy atom. The number of carbonyl (C=O) groups excluding carboxylic acids is 1. The van der Waals surface area contributed by atoms with Crippen molar-refractivity contribution in [2.75, 3.05) is 29.3 Å². The van der Waals surface area contributed by atoms with Crippen LogP contribution in [0.15, 0.2) is 58.1 Å². The van der Waals surface area contributed by atoms with E-state index in [4.69, 9.17) is 23.2 Å². The molecular formula is C23H20Cl2N6O3S. The molecule has 0 atom stereocenters. The minimum absolute atomic E-state index is 0.0855. The molecule has 9 nitrogen and oxygen atoms in total. The van der Waals surface area contributed by atoms with Crippen LogP contribution in [0, 0.1) is 0 Å². The van der Waals surface area contributed by atoms with Gasteiger partial charge in [-0.2, -0.15) is 0 Å². The van der Waals surface area contributed by atoms with Crippen molar-refractivity contribution in [1.29, 1.82) is 0 Å². The number of thioether (sulfide) groups is 1. The topological polar surface area (TPSA) is 102 Å². The highest BCUT2D eigenvalue weighted by atomic mass is 35.5. The fraction of sp³-hybridized carbons (Fsp3) is 0.174. The molecule has 0 saturated heterocycles. The summed E-state index contributed by atoms with van der Waals surface area (Å²) in [5.74, 6) is 0.543. The highest BCUT2D eigenvalue weighted by Gasteiger charge is 2.30. The van der Waals surface area contributed by atoms with Crippen molar-refractivity contribution >= 4 is 63.0 Å². The van der Waals surface area contributed by atoms with Gasteiger partial charge in [-0.15, -0.1) is 0 Å². The summed E-state index contributed by atoms with van der Waals surface area (Å²) in [6, 6.07) is 15.2. The lowest BCUT2D eigenvalue weighted by Gasteiger charge is -2.25. The highest BCUT2D eigenvalue weighted by molar-refractivity contribution is 8.08. The summed E-state index contributed by atoms with van der Waals surface area (Å²) in [6.45, 7) is 0.139. The van der Waals surface area contributed by atoms with Crippen LogP contribution in [-0.2, 0) is 11.8 Å². The molecule has 35 heavy (non-hydrogen) atoms. The van der Waals surface area contributed by atoms with Crippen LogP contribution in [0.5, 0.6) is 0 Å². The lowest BCUT2D eigenvalue weighted by Crippen LogP contribution is -2.45. The number of aromatic amines is 1. The number of benzene rings is 2. The third-order valence-corrected chi connectivity index (χ3v) is 7.54. The maximum absolute atomic E-state index is 13.1. The van der Waals surface area contributed by atoms with Crippen molar-refractivity contribution in [2.45, 2.75) is 0 Å². The number of halogens is 2. The number of anilines is 2. The summed E-state index contributed by atoms with van der Waals surface area (Å²) in [5.41, 5.74) is 4.77. The molecule has 0 unspecified atom stereocenters. The first kappa shape index (κ1) is 23.4. The van der Waals surface area contributed by atoms with Gasteiger partial charge in [-0.05, 0) is 17.7 Å². The normalized spacial score (nSPS) is 14.8. The van der Waals surface area contributed by atoms with E-state index in [1.807, 2.05) is 36.4 Å². The average molecular weight is 531 g/mol. The number of aromatic nitrogens is 2. The summed E-state index contributed by atoms with van der Waals surface area (Å²) in [4.78, 5) is 42.2. The monoisotopic (exact) mass is 530 g/mol. The summed E-state index contributed by atoms with van der Waals surface area (Å²) >= 11 is 14.0. The zero-order chi connectivity index (χ0) is 24.7. The molecule has 3 N–H and O–H groups in total. The molecule has 2 aliphatic rings. The van der Waals surface area contributed by atoms with Gasteiger partial charge in [-0.3, -0.25) is 29.6 Å². The van der Waals surface area contributed by atoms with Crippen LogP contribution in [0.4, 0.5) is 11.5 Å². The smallest absolute Gasteiger partial charge is 0.329 e. The minimum Gasteiger partial charge on any atom is -0.352 e. The molecule has 0 radical (unpaired) electrons. The van der Waals surface area contributed by atoms with Crippen LogP contribution >= 0.6 is 35.0 Å². The molecule has 5 rings (SSSR count). The molecule has 2 aliphatic heterocycles. The Balaban J connectivity index is 1.43. The van der Waals surface area contributed by atoms with Crippen LogP contribution in [0.25, 0.3) is 10.6 Å². The second kappa shape index (κ2) is 9.37. The van der Waals surface area contributed by atoms with Crippen LogP contribution in [0.2, 0.25) is 10.0 Å². The van der Waals surface area contributed by atoms with Gasteiger partial charge in [0.05, 0.1) is 28.3 Å². The molecule has 1 aromatic heterocycles. The zero-order valence-electron chi connectivity index (χ0n) is 18.5. The number of amides is 1. The van der Waals surface area contributed by atoms with E-state index in [0.717, 1.165) is 21.7 Å². The molecule has 12 heteroatoms. The first-order valence-electron chi connectivity index (χ1n) is 10.6. The Bertz CT molecular complexity index is 1470. The Morgan fingerprint density at radius 2 is 1.86 bits per heavy atom. The van der Waals surface area contributed by atoms with Gasteiger partial charge >= 0.3 is 5.69 Å². The van der Waals surface area contributed by atoms with E-state index in [0.29, 0.717) is 21.7 Å². The van der Waals surface area contributed by atoms with Crippen molar-refractivity contribution in [3.63, 3.8) is 0 Å². The van der Waals surface area contributed by atoms with E-state index in [1.54, 1.807) is 40.9 Å². The van der Waals surface area contributed by atoms with Crippen molar-refractivity contribution in [2.24, 2.45) is 7.05 Å². The predicted molar refractivity (Wildman–Crippen MR) is 140 cm³/mol. The molecule has 0 saturated carbocycles. The third-order valence-electron chi connectivity index (χ3n) is 5.70. The van der Waals surface area contributed by atoms with Gasteiger partial charge in [0.1, 0.15) is 18.1 Å². The lowest BCUT2D eigenvalue weighted by atomic mass is 10.1. The standard InChI is InChI=1S/C23H20Cl2N6O3S/c1-29-21-19(22(33)27-23(29)34)30(11-26-21)10-17(32)28-31-12-35-20(13-5-3-2-4-6-13)18(31)14-7-8-15(24)16(25)9-14/h2-9,26H,10-12H2,1H3,(H,28,32)(H,27,33,34). The third kappa shape index (κ3) is 4.40. The summed E-state index contributed by atoms with van der Waals surface area (Å²) in [6.07, 6.45) is 0. The van der Waals surface area contributed by atoms with E-state index in [-0.39, 0.29) is 24.8 Å². The van der Waals surface area contributed by atoms with E-state index in [1.165, 1.54) is 4.57 Å². The van der Waals surface area contributed by atoms with E-state index >= 15 is 0 Å². The Hall–Kier alpha value is -3.34. The maximum Gasteiger partial charge on any atom is 0.329 e. The van der Waals surface area contributed by atoms with Crippen molar-refractivity contribution in [3.05, 3.63) is 90.5 Å². The molecule has 0 fully saturated rings. The van der Waals surface area contributed by atoms with Gasteiger partial charge in [-0.25, -0.2) is 4.79 Å². The number of carbonyl (C=O) groups is 1. The number of hydrogen-bond acceptors (Lipinski definition) is 7. The van der Waals surface area contributed by atoms with Gasteiger partial charge in [0, 0.05) is 17.5 Å². The molecule has 180 valence electrons. The quantitative estimate of drug-likeness (QED) is 0.465. The summed E-state index contributed by atoms with van der Waals surface area (Å²) < 4.78 is 1.31. The second-order valence-corrected chi connectivity index (χ2v) is 9.73. The lowest BCUT2D eigenvalue weighted by molar-refractivity contribution is -0.122. The minimum atomic E-state index is -0.541. The first-order chi connectivity index (χ1) is 16.8. The fourth-order valence-corrected chi connectivity index (χ4v) is 5.48. The Labute approximate surface area is 214 Å². The van der Waals surface area contributed by atoms with Gasteiger partial charge < -0.3 is 10.2 Å². The van der Waals surface area contributed by atoms with Crippen LogP contribution in [-0.4, -0.2) is 39.6 Å². The summed E-state index contributed by atoms with van der Waals surface area (Å²) in [5, 5.41) is 5.63. The van der Waals surface area contributed by atoms with Crippen LogP contribution in [0.1, 0.15) is 11.1 Å². The van der Waals surface area contributed by atoms with Gasteiger partial charge in [0.15, 0.2) is 0 Å². The van der Waals surface area contributed by atoms with Gasteiger partial charge in [0.2, 0.25) is 0 Å². The van der Waals surface area contributed by atoms with E-state index in [2.05, 4.69) is 15.7 Å². The molecule has 2 aromatic carbocycles. The highest BCUT2D eigenvalue weighted by Crippen LogP contribution is 2.44. The first-order valence-corrected chi connectivity index (χ1v) is 12.3. The predicted octanol–water partition coefficient (Wildman–Crippen LogP) is 3.13.